The Kier molecular flexibility index (Phi) is 7.17. The molecule has 8 nitrogen and oxygen atoms in total. The summed E-state index contributed by atoms with van der Waals surface area (Å²) >= 11 is 0. The van der Waals surface area contributed by atoms with Gasteiger partial charge in [-0.15, -0.1) is 0 Å². The normalized spacial score (nSPS) is 12.1. The van der Waals surface area contributed by atoms with E-state index in [1.165, 1.54) is 28.2 Å². The first-order valence-corrected chi connectivity index (χ1v) is 10.7. The summed E-state index contributed by atoms with van der Waals surface area (Å²) in [6.07, 6.45) is -3.57. The van der Waals surface area contributed by atoms with Gasteiger partial charge in [0.2, 0.25) is 15.9 Å². The second kappa shape index (κ2) is 9.10. The summed E-state index contributed by atoms with van der Waals surface area (Å²) in [7, 11) is -2.43. The van der Waals surface area contributed by atoms with Gasteiger partial charge in [0, 0.05) is 38.9 Å². The molecule has 31 heavy (non-hydrogen) atoms. The standard InChI is InChI=1S/C19H23F3N4O4S/c1-5-26(6-2)31(29,30)14-10-17(25(4)11-14)18(28)24-16-8-7-13(23-12(3)27)9-15(16)19(20,21)22/h7-11H,5-6H2,1-4H3,(H,23,27)(H,24,28). The van der Waals surface area contributed by atoms with Crippen LogP contribution in [0.15, 0.2) is 35.4 Å². The van der Waals surface area contributed by atoms with Gasteiger partial charge in [0.25, 0.3) is 5.91 Å². The first kappa shape index (κ1) is 24.4. The van der Waals surface area contributed by atoms with Crippen LogP contribution in [0.1, 0.15) is 36.8 Å². The van der Waals surface area contributed by atoms with E-state index in [0.29, 0.717) is 6.07 Å². The van der Waals surface area contributed by atoms with Crippen LogP contribution in [0, 0.1) is 0 Å². The van der Waals surface area contributed by atoms with E-state index in [1.54, 1.807) is 13.8 Å². The number of hydrogen-bond donors (Lipinski definition) is 2. The molecular formula is C19H23F3N4O4S. The van der Waals surface area contributed by atoms with E-state index in [4.69, 9.17) is 0 Å². The van der Waals surface area contributed by atoms with Crippen LogP contribution in [0.25, 0.3) is 0 Å². The highest BCUT2D eigenvalue weighted by Gasteiger charge is 2.35. The molecule has 0 aliphatic rings. The van der Waals surface area contributed by atoms with Gasteiger partial charge in [-0.2, -0.15) is 17.5 Å². The van der Waals surface area contributed by atoms with Gasteiger partial charge >= 0.3 is 6.18 Å². The Morgan fingerprint density at radius 1 is 1.10 bits per heavy atom. The molecule has 2 aromatic rings. The Hall–Kier alpha value is -2.86. The lowest BCUT2D eigenvalue weighted by atomic mass is 10.1. The molecule has 2 amide bonds. The van der Waals surface area contributed by atoms with E-state index >= 15 is 0 Å². The van der Waals surface area contributed by atoms with Crippen molar-refractivity contribution in [2.24, 2.45) is 7.05 Å². The molecular weight excluding hydrogens is 437 g/mol. The third kappa shape index (κ3) is 5.44. The molecule has 0 saturated carbocycles. The SMILES string of the molecule is CCN(CC)S(=O)(=O)c1cc(C(=O)Nc2ccc(NC(C)=O)cc2C(F)(F)F)n(C)c1. The molecule has 0 aliphatic carbocycles. The molecule has 0 bridgehead atoms. The topological polar surface area (TPSA) is 101 Å². The number of hydrogen-bond acceptors (Lipinski definition) is 4. The Labute approximate surface area is 178 Å². The molecule has 1 aromatic heterocycles. The van der Waals surface area contributed by atoms with Crippen molar-refractivity contribution in [2.45, 2.75) is 31.8 Å². The molecule has 0 unspecified atom stereocenters. The minimum atomic E-state index is -4.80. The van der Waals surface area contributed by atoms with Gasteiger partial charge in [-0.05, 0) is 24.3 Å². The molecule has 0 saturated heterocycles. The summed E-state index contributed by atoms with van der Waals surface area (Å²) in [5.74, 6) is -1.46. The van der Waals surface area contributed by atoms with Crippen LogP contribution in [-0.2, 0) is 28.0 Å². The van der Waals surface area contributed by atoms with E-state index in [9.17, 15) is 31.2 Å². The van der Waals surface area contributed by atoms with Gasteiger partial charge < -0.3 is 15.2 Å². The zero-order chi connectivity index (χ0) is 23.6. The predicted molar refractivity (Wildman–Crippen MR) is 109 cm³/mol. The second-order valence-electron chi connectivity index (χ2n) is 6.65. The number of carbonyl (C=O) groups is 2. The predicted octanol–water partition coefficient (Wildman–Crippen LogP) is 3.29. The van der Waals surface area contributed by atoms with Crippen molar-refractivity contribution < 1.29 is 31.2 Å². The maximum atomic E-state index is 13.5. The van der Waals surface area contributed by atoms with Crippen molar-refractivity contribution in [2.75, 3.05) is 23.7 Å². The molecule has 12 heteroatoms. The van der Waals surface area contributed by atoms with Gasteiger partial charge in [-0.3, -0.25) is 9.59 Å². The largest absolute Gasteiger partial charge is 0.418 e. The minimum absolute atomic E-state index is 0.0794. The van der Waals surface area contributed by atoms with E-state index in [-0.39, 0.29) is 29.4 Å². The molecule has 2 rings (SSSR count). The summed E-state index contributed by atoms with van der Waals surface area (Å²) < 4.78 is 68.1. The Bertz CT molecular complexity index is 1090. The smallest absolute Gasteiger partial charge is 0.345 e. The summed E-state index contributed by atoms with van der Waals surface area (Å²) in [6.45, 7) is 4.94. The highest BCUT2D eigenvalue weighted by molar-refractivity contribution is 7.89. The molecule has 1 aromatic carbocycles. The number of amides is 2. The second-order valence-corrected chi connectivity index (χ2v) is 8.59. The number of anilines is 2. The van der Waals surface area contributed by atoms with Crippen molar-refractivity contribution in [3.63, 3.8) is 0 Å². The number of nitrogens with zero attached hydrogens (tertiary/aromatic N) is 2. The third-order valence-corrected chi connectivity index (χ3v) is 6.46. The fraction of sp³-hybridized carbons (Fsp3) is 0.368. The number of alkyl halides is 3. The van der Waals surface area contributed by atoms with Crippen LogP contribution >= 0.6 is 0 Å². The van der Waals surface area contributed by atoms with Gasteiger partial charge in [0.05, 0.1) is 11.3 Å². The molecule has 170 valence electrons. The first-order valence-electron chi connectivity index (χ1n) is 9.27. The van der Waals surface area contributed by atoms with Crippen molar-refractivity contribution in [1.29, 1.82) is 0 Å². The monoisotopic (exact) mass is 460 g/mol. The molecule has 0 radical (unpaired) electrons. The van der Waals surface area contributed by atoms with Crippen LogP contribution < -0.4 is 10.6 Å². The number of rotatable bonds is 7. The lowest BCUT2D eigenvalue weighted by molar-refractivity contribution is -0.137. The van der Waals surface area contributed by atoms with Crippen molar-refractivity contribution in [3.05, 3.63) is 41.7 Å². The summed E-state index contributed by atoms with van der Waals surface area (Å²) in [5.41, 5.74) is -1.90. The number of halogens is 3. The first-order chi connectivity index (χ1) is 14.3. The van der Waals surface area contributed by atoms with Crippen molar-refractivity contribution in [3.8, 4) is 0 Å². The lowest BCUT2D eigenvalue weighted by Gasteiger charge is -2.17. The Balaban J connectivity index is 2.40. The average Bonchev–Trinajstić information content (AvgIpc) is 3.05. The zero-order valence-corrected chi connectivity index (χ0v) is 18.2. The van der Waals surface area contributed by atoms with Gasteiger partial charge in [0.15, 0.2) is 0 Å². The Morgan fingerprint density at radius 2 is 1.71 bits per heavy atom. The quantitative estimate of drug-likeness (QED) is 0.662. The molecule has 0 atom stereocenters. The summed E-state index contributed by atoms with van der Waals surface area (Å²) in [6, 6.07) is 4.05. The zero-order valence-electron chi connectivity index (χ0n) is 17.4. The van der Waals surface area contributed by atoms with Crippen molar-refractivity contribution >= 4 is 33.2 Å². The third-order valence-electron chi connectivity index (χ3n) is 4.45. The summed E-state index contributed by atoms with van der Waals surface area (Å²) in [5, 5.41) is 4.43. The summed E-state index contributed by atoms with van der Waals surface area (Å²) in [4.78, 5) is 23.6. The van der Waals surface area contributed by atoms with Crippen LogP contribution in [0.4, 0.5) is 24.5 Å². The number of nitrogens with one attached hydrogen (secondary N) is 2. The van der Waals surface area contributed by atoms with Crippen LogP contribution in [0.3, 0.4) is 0 Å². The molecule has 2 N–H and O–H groups in total. The highest BCUT2D eigenvalue weighted by Crippen LogP contribution is 2.37. The number of aromatic nitrogens is 1. The molecule has 0 spiro atoms. The van der Waals surface area contributed by atoms with E-state index in [0.717, 1.165) is 19.1 Å². The Morgan fingerprint density at radius 3 is 2.23 bits per heavy atom. The van der Waals surface area contributed by atoms with Gasteiger partial charge in [-0.1, -0.05) is 13.8 Å². The number of benzene rings is 1. The van der Waals surface area contributed by atoms with Crippen molar-refractivity contribution in [1.82, 2.24) is 8.87 Å². The number of aryl methyl sites for hydroxylation is 1. The van der Waals surface area contributed by atoms with Gasteiger partial charge in [0.1, 0.15) is 10.6 Å². The molecule has 0 aliphatic heterocycles. The number of carbonyl (C=O) groups excluding carboxylic acids is 2. The van der Waals surface area contributed by atoms with E-state index in [1.807, 2.05) is 0 Å². The van der Waals surface area contributed by atoms with E-state index < -0.39 is 39.3 Å². The lowest BCUT2D eigenvalue weighted by Crippen LogP contribution is -2.30. The fourth-order valence-corrected chi connectivity index (χ4v) is 4.50. The van der Waals surface area contributed by atoms with Crippen LogP contribution in [-0.4, -0.2) is 42.2 Å². The van der Waals surface area contributed by atoms with Crippen LogP contribution in [0.2, 0.25) is 0 Å². The average molecular weight is 460 g/mol. The molecule has 1 heterocycles. The van der Waals surface area contributed by atoms with Gasteiger partial charge in [-0.25, -0.2) is 8.42 Å². The maximum Gasteiger partial charge on any atom is 0.418 e. The van der Waals surface area contributed by atoms with E-state index in [2.05, 4.69) is 10.6 Å². The minimum Gasteiger partial charge on any atom is -0.345 e. The maximum absolute atomic E-state index is 13.5. The van der Waals surface area contributed by atoms with Crippen LogP contribution in [0.5, 0.6) is 0 Å². The molecule has 0 fully saturated rings. The number of sulfonamides is 1. The fourth-order valence-electron chi connectivity index (χ4n) is 2.97. The highest BCUT2D eigenvalue weighted by atomic mass is 32.2.